The van der Waals surface area contributed by atoms with Crippen molar-refractivity contribution < 1.29 is 4.39 Å². The molecule has 3 heteroatoms. The molecule has 0 bridgehead atoms. The van der Waals surface area contributed by atoms with Crippen molar-refractivity contribution in [2.75, 3.05) is 0 Å². The van der Waals surface area contributed by atoms with E-state index >= 15 is 0 Å². The van der Waals surface area contributed by atoms with E-state index in [1.807, 2.05) is 27.7 Å². The first-order valence-corrected chi connectivity index (χ1v) is 4.06. The van der Waals surface area contributed by atoms with Crippen LogP contribution in [0.1, 0.15) is 32.0 Å². The maximum absolute atomic E-state index is 13.4. The van der Waals surface area contributed by atoms with Gasteiger partial charge in [0.25, 0.3) is 0 Å². The summed E-state index contributed by atoms with van der Waals surface area (Å²) in [6, 6.07) is 0. The van der Waals surface area contributed by atoms with E-state index in [9.17, 15) is 4.39 Å². The van der Waals surface area contributed by atoms with Crippen molar-refractivity contribution in [2.45, 2.75) is 40.2 Å². The summed E-state index contributed by atoms with van der Waals surface area (Å²) in [5, 5.41) is 4.12. The molecule has 0 unspecified atom stereocenters. The Hall–Kier alpha value is -0.860. The standard InChI is InChI=1S/C9H15FN2/c1-6-7(2)11-12(8(6)10)9(3,4)5/h1-5H3. The van der Waals surface area contributed by atoms with Gasteiger partial charge in [-0.3, -0.25) is 0 Å². The minimum absolute atomic E-state index is 0.222. The summed E-state index contributed by atoms with van der Waals surface area (Å²) in [6.07, 6.45) is 0. The molecule has 0 aliphatic rings. The lowest BCUT2D eigenvalue weighted by molar-refractivity contribution is 0.297. The maximum Gasteiger partial charge on any atom is 0.215 e. The number of hydrogen-bond acceptors (Lipinski definition) is 1. The molecule has 0 aromatic carbocycles. The first kappa shape index (κ1) is 9.23. The van der Waals surface area contributed by atoms with E-state index < -0.39 is 0 Å². The molecular weight excluding hydrogens is 155 g/mol. The first-order valence-electron chi connectivity index (χ1n) is 4.06. The van der Waals surface area contributed by atoms with Gasteiger partial charge in [0.15, 0.2) is 0 Å². The molecule has 0 saturated carbocycles. The van der Waals surface area contributed by atoms with Crippen LogP contribution < -0.4 is 0 Å². The molecule has 0 saturated heterocycles. The van der Waals surface area contributed by atoms with Crippen LogP contribution in [0.15, 0.2) is 0 Å². The first-order chi connectivity index (χ1) is 5.34. The fourth-order valence-electron chi connectivity index (χ4n) is 1.02. The van der Waals surface area contributed by atoms with E-state index in [0.29, 0.717) is 5.56 Å². The van der Waals surface area contributed by atoms with Crippen LogP contribution in [0.25, 0.3) is 0 Å². The van der Waals surface area contributed by atoms with Gasteiger partial charge in [-0.05, 0) is 34.6 Å². The predicted molar refractivity (Wildman–Crippen MR) is 46.7 cm³/mol. The SMILES string of the molecule is Cc1nn(C(C)(C)C)c(F)c1C. The van der Waals surface area contributed by atoms with Crippen molar-refractivity contribution in [1.82, 2.24) is 9.78 Å². The number of rotatable bonds is 0. The Labute approximate surface area is 72.4 Å². The lowest BCUT2D eigenvalue weighted by Gasteiger charge is -2.19. The Bertz CT molecular complexity index is 294. The Balaban J connectivity index is 3.28. The summed E-state index contributed by atoms with van der Waals surface area (Å²) in [5.74, 6) is -0.222. The minimum atomic E-state index is -0.275. The van der Waals surface area contributed by atoms with E-state index in [2.05, 4.69) is 5.10 Å². The van der Waals surface area contributed by atoms with Gasteiger partial charge in [0.2, 0.25) is 5.95 Å². The molecule has 1 heterocycles. The van der Waals surface area contributed by atoms with Gasteiger partial charge in [-0.1, -0.05) is 0 Å². The number of aromatic nitrogens is 2. The normalized spacial score (nSPS) is 12.2. The number of nitrogens with zero attached hydrogens (tertiary/aromatic N) is 2. The Kier molecular flexibility index (Phi) is 1.98. The van der Waals surface area contributed by atoms with Crippen molar-refractivity contribution >= 4 is 0 Å². The van der Waals surface area contributed by atoms with Crippen LogP contribution in [0.3, 0.4) is 0 Å². The fourth-order valence-corrected chi connectivity index (χ4v) is 1.02. The van der Waals surface area contributed by atoms with Crippen LogP contribution in [0.5, 0.6) is 0 Å². The highest BCUT2D eigenvalue weighted by atomic mass is 19.1. The predicted octanol–water partition coefficient (Wildman–Crippen LogP) is 2.39. The summed E-state index contributed by atoms with van der Waals surface area (Å²) in [7, 11) is 0. The van der Waals surface area contributed by atoms with Crippen LogP contribution in [0, 0.1) is 19.8 Å². The molecule has 0 aliphatic carbocycles. The molecule has 0 aliphatic heterocycles. The third-order valence-corrected chi connectivity index (χ3v) is 1.92. The van der Waals surface area contributed by atoms with Gasteiger partial charge in [0, 0.05) is 5.56 Å². The zero-order valence-corrected chi connectivity index (χ0v) is 8.27. The third-order valence-electron chi connectivity index (χ3n) is 1.92. The summed E-state index contributed by atoms with van der Waals surface area (Å²) in [6.45, 7) is 9.37. The Morgan fingerprint density at radius 1 is 1.25 bits per heavy atom. The second-order valence-corrected chi connectivity index (χ2v) is 4.08. The second kappa shape index (κ2) is 2.57. The number of hydrogen-bond donors (Lipinski definition) is 0. The van der Waals surface area contributed by atoms with Crippen molar-refractivity contribution in [3.05, 3.63) is 17.2 Å². The summed E-state index contributed by atoms with van der Waals surface area (Å²) in [5.41, 5.74) is 1.13. The van der Waals surface area contributed by atoms with E-state index in [0.717, 1.165) is 5.69 Å². The van der Waals surface area contributed by atoms with Crippen LogP contribution in [-0.2, 0) is 5.54 Å². The van der Waals surface area contributed by atoms with Gasteiger partial charge in [-0.2, -0.15) is 9.49 Å². The van der Waals surface area contributed by atoms with Gasteiger partial charge in [0.05, 0.1) is 11.2 Å². The molecule has 1 aromatic heterocycles. The second-order valence-electron chi connectivity index (χ2n) is 4.08. The molecule has 0 N–H and O–H groups in total. The molecule has 0 amide bonds. The molecule has 2 nitrogen and oxygen atoms in total. The van der Waals surface area contributed by atoms with Crippen molar-refractivity contribution in [3.63, 3.8) is 0 Å². The monoisotopic (exact) mass is 170 g/mol. The molecule has 1 rings (SSSR count). The van der Waals surface area contributed by atoms with Crippen molar-refractivity contribution in [2.24, 2.45) is 0 Å². The highest BCUT2D eigenvalue weighted by molar-refractivity contribution is 5.15. The van der Waals surface area contributed by atoms with Gasteiger partial charge in [-0.15, -0.1) is 0 Å². The lowest BCUT2D eigenvalue weighted by atomic mass is 10.1. The molecular formula is C9H15FN2. The van der Waals surface area contributed by atoms with Gasteiger partial charge in [0.1, 0.15) is 0 Å². The third kappa shape index (κ3) is 1.36. The largest absolute Gasteiger partial charge is 0.234 e. The van der Waals surface area contributed by atoms with E-state index in [-0.39, 0.29) is 11.5 Å². The zero-order valence-electron chi connectivity index (χ0n) is 8.27. The minimum Gasteiger partial charge on any atom is -0.234 e. The maximum atomic E-state index is 13.4. The number of aryl methyl sites for hydroxylation is 1. The summed E-state index contributed by atoms with van der Waals surface area (Å²) >= 11 is 0. The summed E-state index contributed by atoms with van der Waals surface area (Å²) < 4.78 is 14.8. The Morgan fingerprint density at radius 3 is 1.92 bits per heavy atom. The highest BCUT2D eigenvalue weighted by Crippen LogP contribution is 2.19. The lowest BCUT2D eigenvalue weighted by Crippen LogP contribution is -2.25. The van der Waals surface area contributed by atoms with Crippen molar-refractivity contribution in [1.29, 1.82) is 0 Å². The van der Waals surface area contributed by atoms with Crippen LogP contribution in [-0.4, -0.2) is 9.78 Å². The van der Waals surface area contributed by atoms with Crippen LogP contribution in [0.4, 0.5) is 4.39 Å². The Morgan fingerprint density at radius 2 is 1.75 bits per heavy atom. The van der Waals surface area contributed by atoms with E-state index in [4.69, 9.17) is 0 Å². The van der Waals surface area contributed by atoms with E-state index in [1.54, 1.807) is 6.92 Å². The average molecular weight is 170 g/mol. The van der Waals surface area contributed by atoms with Crippen LogP contribution in [0.2, 0.25) is 0 Å². The average Bonchev–Trinajstić information content (AvgIpc) is 2.15. The van der Waals surface area contributed by atoms with Crippen LogP contribution >= 0.6 is 0 Å². The molecule has 0 atom stereocenters. The molecule has 1 aromatic rings. The van der Waals surface area contributed by atoms with Crippen molar-refractivity contribution in [3.8, 4) is 0 Å². The molecule has 0 spiro atoms. The molecule has 68 valence electrons. The van der Waals surface area contributed by atoms with Gasteiger partial charge >= 0.3 is 0 Å². The summed E-state index contributed by atoms with van der Waals surface area (Å²) in [4.78, 5) is 0. The smallest absolute Gasteiger partial charge is 0.215 e. The molecule has 0 fully saturated rings. The molecule has 0 radical (unpaired) electrons. The van der Waals surface area contributed by atoms with Gasteiger partial charge < -0.3 is 0 Å². The quantitative estimate of drug-likeness (QED) is 0.584. The topological polar surface area (TPSA) is 17.8 Å². The number of halogens is 1. The fraction of sp³-hybridized carbons (Fsp3) is 0.667. The highest BCUT2D eigenvalue weighted by Gasteiger charge is 2.21. The molecule has 12 heavy (non-hydrogen) atoms. The van der Waals surface area contributed by atoms with E-state index in [1.165, 1.54) is 4.68 Å². The van der Waals surface area contributed by atoms with Gasteiger partial charge in [-0.25, -0.2) is 4.68 Å². The zero-order chi connectivity index (χ0) is 9.52.